The summed E-state index contributed by atoms with van der Waals surface area (Å²) in [7, 11) is 0. The summed E-state index contributed by atoms with van der Waals surface area (Å²) in [4.78, 5) is 12.9. The van der Waals surface area contributed by atoms with Gasteiger partial charge in [-0.05, 0) is 41.5 Å². The molecule has 0 saturated heterocycles. The standard InChI is InChI=1S/C20H13F3N4S/c21-20(22,23)15-5-1-3-13(11-15)14-4-2-6-16(12-14)26-19-25-8-7-17(27-19)18-24-9-10-28-18/h1-12H,(H,25,26,27). The van der Waals surface area contributed by atoms with Crippen LogP contribution in [-0.4, -0.2) is 15.0 Å². The van der Waals surface area contributed by atoms with Gasteiger partial charge in [-0.25, -0.2) is 15.0 Å². The molecule has 0 radical (unpaired) electrons. The fraction of sp³-hybridized carbons (Fsp3) is 0.0500. The van der Waals surface area contributed by atoms with Crippen LogP contribution in [0, 0.1) is 0 Å². The number of hydrogen-bond acceptors (Lipinski definition) is 5. The normalized spacial score (nSPS) is 11.4. The first-order valence-electron chi connectivity index (χ1n) is 8.27. The number of halogens is 3. The van der Waals surface area contributed by atoms with E-state index in [1.54, 1.807) is 48.8 Å². The molecule has 2 aromatic heterocycles. The summed E-state index contributed by atoms with van der Waals surface area (Å²) in [5.74, 6) is 0.383. The predicted octanol–water partition coefficient (Wildman–Crippen LogP) is 6.03. The Morgan fingerprint density at radius 1 is 0.857 bits per heavy atom. The van der Waals surface area contributed by atoms with Crippen molar-refractivity contribution >= 4 is 23.0 Å². The van der Waals surface area contributed by atoms with Crippen LogP contribution in [0.15, 0.2) is 72.4 Å². The number of hydrogen-bond donors (Lipinski definition) is 1. The van der Waals surface area contributed by atoms with Gasteiger partial charge in [0.15, 0.2) is 0 Å². The summed E-state index contributed by atoms with van der Waals surface area (Å²) in [6, 6.07) is 14.1. The quantitative estimate of drug-likeness (QED) is 0.456. The lowest BCUT2D eigenvalue weighted by Gasteiger charge is -2.10. The van der Waals surface area contributed by atoms with E-state index in [0.717, 1.165) is 17.1 Å². The van der Waals surface area contributed by atoms with E-state index in [2.05, 4.69) is 20.3 Å². The summed E-state index contributed by atoms with van der Waals surface area (Å²) >= 11 is 1.47. The number of nitrogens with zero attached hydrogens (tertiary/aromatic N) is 3. The molecule has 0 amide bonds. The predicted molar refractivity (Wildman–Crippen MR) is 103 cm³/mol. The van der Waals surface area contributed by atoms with E-state index in [4.69, 9.17) is 0 Å². The molecule has 0 bridgehead atoms. The van der Waals surface area contributed by atoms with Gasteiger partial charge in [-0.15, -0.1) is 11.3 Å². The number of anilines is 2. The second-order valence-corrected chi connectivity index (χ2v) is 6.78. The van der Waals surface area contributed by atoms with Crippen LogP contribution in [0.2, 0.25) is 0 Å². The highest BCUT2D eigenvalue weighted by Crippen LogP contribution is 2.33. The lowest BCUT2D eigenvalue weighted by molar-refractivity contribution is -0.137. The fourth-order valence-corrected chi connectivity index (χ4v) is 3.28. The van der Waals surface area contributed by atoms with Crippen molar-refractivity contribution in [2.75, 3.05) is 5.32 Å². The van der Waals surface area contributed by atoms with Gasteiger partial charge in [0.1, 0.15) is 10.7 Å². The summed E-state index contributed by atoms with van der Waals surface area (Å²) in [5.41, 5.74) is 1.83. The number of alkyl halides is 3. The maximum atomic E-state index is 13.0. The van der Waals surface area contributed by atoms with Crippen LogP contribution in [0.25, 0.3) is 21.8 Å². The molecule has 0 saturated carbocycles. The fourth-order valence-electron chi connectivity index (χ4n) is 2.67. The van der Waals surface area contributed by atoms with Gasteiger partial charge >= 0.3 is 6.18 Å². The van der Waals surface area contributed by atoms with Crippen LogP contribution in [0.4, 0.5) is 24.8 Å². The summed E-state index contributed by atoms with van der Waals surface area (Å²) in [6.07, 6.45) is -1.05. The molecule has 4 aromatic rings. The van der Waals surface area contributed by atoms with Crippen molar-refractivity contribution in [2.24, 2.45) is 0 Å². The van der Waals surface area contributed by atoms with Gasteiger partial charge in [0.05, 0.1) is 5.56 Å². The van der Waals surface area contributed by atoms with E-state index in [0.29, 0.717) is 28.5 Å². The van der Waals surface area contributed by atoms with Crippen LogP contribution in [-0.2, 0) is 6.18 Å². The lowest BCUT2D eigenvalue weighted by Crippen LogP contribution is -2.04. The van der Waals surface area contributed by atoms with Crippen molar-refractivity contribution in [2.45, 2.75) is 6.18 Å². The van der Waals surface area contributed by atoms with Crippen molar-refractivity contribution in [3.05, 3.63) is 77.9 Å². The van der Waals surface area contributed by atoms with Crippen molar-refractivity contribution in [1.29, 1.82) is 0 Å². The van der Waals surface area contributed by atoms with E-state index < -0.39 is 11.7 Å². The molecule has 0 spiro atoms. The van der Waals surface area contributed by atoms with Gasteiger partial charge in [0, 0.05) is 23.5 Å². The van der Waals surface area contributed by atoms with E-state index in [1.165, 1.54) is 17.4 Å². The Labute approximate surface area is 162 Å². The van der Waals surface area contributed by atoms with Crippen LogP contribution < -0.4 is 5.32 Å². The van der Waals surface area contributed by atoms with Gasteiger partial charge < -0.3 is 5.32 Å². The number of thiazole rings is 1. The minimum Gasteiger partial charge on any atom is -0.324 e. The highest BCUT2D eigenvalue weighted by molar-refractivity contribution is 7.13. The van der Waals surface area contributed by atoms with E-state index in [-0.39, 0.29) is 0 Å². The van der Waals surface area contributed by atoms with Gasteiger partial charge in [-0.2, -0.15) is 13.2 Å². The molecule has 0 aliphatic rings. The minimum absolute atomic E-state index is 0.383. The summed E-state index contributed by atoms with van der Waals surface area (Å²) in [6.45, 7) is 0. The molecule has 0 unspecified atom stereocenters. The van der Waals surface area contributed by atoms with Gasteiger partial charge in [0.2, 0.25) is 5.95 Å². The summed E-state index contributed by atoms with van der Waals surface area (Å²) < 4.78 is 38.9. The van der Waals surface area contributed by atoms with Crippen LogP contribution in [0.1, 0.15) is 5.56 Å². The largest absolute Gasteiger partial charge is 0.416 e. The molecule has 0 aliphatic carbocycles. The Bertz CT molecular complexity index is 1090. The Morgan fingerprint density at radius 2 is 1.64 bits per heavy atom. The molecule has 0 atom stereocenters. The smallest absolute Gasteiger partial charge is 0.324 e. The maximum absolute atomic E-state index is 13.0. The van der Waals surface area contributed by atoms with Crippen LogP contribution in [0.3, 0.4) is 0 Å². The third kappa shape index (κ3) is 4.01. The van der Waals surface area contributed by atoms with E-state index in [9.17, 15) is 13.2 Å². The molecular weight excluding hydrogens is 385 g/mol. The van der Waals surface area contributed by atoms with Gasteiger partial charge in [-0.1, -0.05) is 24.3 Å². The van der Waals surface area contributed by atoms with Crippen molar-refractivity contribution in [1.82, 2.24) is 15.0 Å². The zero-order chi connectivity index (χ0) is 19.6. The van der Waals surface area contributed by atoms with E-state index >= 15 is 0 Å². The highest BCUT2D eigenvalue weighted by atomic mass is 32.1. The van der Waals surface area contributed by atoms with Crippen LogP contribution >= 0.6 is 11.3 Å². The molecule has 4 rings (SSSR count). The Balaban J connectivity index is 1.61. The molecule has 8 heteroatoms. The number of benzene rings is 2. The molecule has 140 valence electrons. The third-order valence-electron chi connectivity index (χ3n) is 3.95. The molecule has 28 heavy (non-hydrogen) atoms. The van der Waals surface area contributed by atoms with E-state index in [1.807, 2.05) is 5.38 Å². The zero-order valence-electron chi connectivity index (χ0n) is 14.3. The Hall–Kier alpha value is -3.26. The molecule has 0 fully saturated rings. The zero-order valence-corrected chi connectivity index (χ0v) is 15.1. The number of aromatic nitrogens is 3. The highest BCUT2D eigenvalue weighted by Gasteiger charge is 2.30. The number of rotatable bonds is 4. The lowest BCUT2D eigenvalue weighted by atomic mass is 10.0. The molecule has 1 N–H and O–H groups in total. The minimum atomic E-state index is -4.38. The van der Waals surface area contributed by atoms with Gasteiger partial charge in [-0.3, -0.25) is 0 Å². The molecule has 2 aromatic carbocycles. The molecular formula is C20H13F3N4S. The average Bonchev–Trinajstić information content (AvgIpc) is 3.23. The second-order valence-electron chi connectivity index (χ2n) is 5.89. The molecule has 2 heterocycles. The Morgan fingerprint density at radius 3 is 2.39 bits per heavy atom. The Kier molecular flexibility index (Phi) is 4.79. The first kappa shape index (κ1) is 18.1. The number of nitrogens with one attached hydrogen (secondary N) is 1. The second kappa shape index (κ2) is 7.40. The first-order valence-corrected chi connectivity index (χ1v) is 9.15. The van der Waals surface area contributed by atoms with Crippen molar-refractivity contribution in [3.8, 4) is 21.8 Å². The van der Waals surface area contributed by atoms with Crippen molar-refractivity contribution < 1.29 is 13.2 Å². The molecule has 0 aliphatic heterocycles. The third-order valence-corrected chi connectivity index (χ3v) is 4.74. The average molecular weight is 398 g/mol. The monoisotopic (exact) mass is 398 g/mol. The SMILES string of the molecule is FC(F)(F)c1cccc(-c2cccc(Nc3nccc(-c4nccs4)n3)c2)c1. The molecule has 4 nitrogen and oxygen atoms in total. The first-order chi connectivity index (χ1) is 13.5. The van der Waals surface area contributed by atoms with Crippen LogP contribution in [0.5, 0.6) is 0 Å². The van der Waals surface area contributed by atoms with Crippen molar-refractivity contribution in [3.63, 3.8) is 0 Å². The maximum Gasteiger partial charge on any atom is 0.416 e. The summed E-state index contributed by atoms with van der Waals surface area (Å²) in [5, 5.41) is 5.74. The topological polar surface area (TPSA) is 50.7 Å². The van der Waals surface area contributed by atoms with Gasteiger partial charge in [0.25, 0.3) is 0 Å².